The lowest BCUT2D eigenvalue weighted by Crippen LogP contribution is -2.41. The zero-order valence-corrected chi connectivity index (χ0v) is 35.1. The van der Waals surface area contributed by atoms with E-state index < -0.39 is 19.3 Å². The highest BCUT2D eigenvalue weighted by molar-refractivity contribution is 9.10. The molecule has 0 spiro atoms. The quantitative estimate of drug-likeness (QED) is 0.118. The van der Waals surface area contributed by atoms with E-state index in [0.717, 1.165) is 68.7 Å². The van der Waals surface area contributed by atoms with Gasteiger partial charge in [-0.15, -0.1) is 0 Å². The van der Waals surface area contributed by atoms with E-state index in [1.165, 1.54) is 0 Å². The number of anilines is 5. The second-order valence-electron chi connectivity index (χ2n) is 14.3. The summed E-state index contributed by atoms with van der Waals surface area (Å²) in [4.78, 5) is 43.9. The molecule has 3 aromatic heterocycles. The molecule has 5 aromatic rings. The summed E-state index contributed by atoms with van der Waals surface area (Å²) in [6.07, 6.45) is 7.27. The Hall–Kier alpha value is -5.49. The Labute approximate surface area is 346 Å². The normalized spacial score (nSPS) is 15.2. The van der Waals surface area contributed by atoms with Crippen molar-refractivity contribution in [3.8, 4) is 16.9 Å². The molecule has 21 heteroatoms. The fourth-order valence-corrected chi connectivity index (χ4v) is 8.58. The number of aliphatic carboxylic acids is 1. The highest BCUT2D eigenvalue weighted by atomic mass is 79.9. The smallest absolute Gasteiger partial charge is 0.490 e. The van der Waals surface area contributed by atoms with Gasteiger partial charge in [0.15, 0.2) is 0 Å². The SMILES string of the molecule is COc1cc(N2CCC(CN3CCCCOC3=O)CC2)c(-c2cnn(C)c2)cc1Nc1ncc(Br)c(Nc2ccc3nccnc3c2P(C)(C)=O)n1.O=C(O)C(F)(F)F. The molecule has 0 bridgehead atoms. The predicted molar refractivity (Wildman–Crippen MR) is 221 cm³/mol. The number of cyclic esters (lactones) is 1. The van der Waals surface area contributed by atoms with E-state index in [-0.39, 0.29) is 6.09 Å². The number of rotatable bonds is 10. The van der Waals surface area contributed by atoms with Crippen LogP contribution in [0.2, 0.25) is 0 Å². The number of carbonyl (C=O) groups is 2. The van der Waals surface area contributed by atoms with Gasteiger partial charge in [-0.05, 0) is 79.1 Å². The van der Waals surface area contributed by atoms with Gasteiger partial charge >= 0.3 is 18.2 Å². The topological polar surface area (TPSA) is 190 Å². The Bertz CT molecular complexity index is 2370. The van der Waals surface area contributed by atoms with Crippen molar-refractivity contribution in [1.29, 1.82) is 0 Å². The second kappa shape index (κ2) is 18.2. The molecule has 0 unspecified atom stereocenters. The number of carbonyl (C=O) groups excluding carboxylic acids is 1. The summed E-state index contributed by atoms with van der Waals surface area (Å²) < 4.78 is 59.0. The molecule has 3 N–H and O–H groups in total. The summed E-state index contributed by atoms with van der Waals surface area (Å²) in [6.45, 7) is 7.11. The molecule has 2 saturated heterocycles. The molecule has 7 rings (SSSR count). The molecule has 2 aliphatic rings. The maximum absolute atomic E-state index is 13.5. The molecular weight excluding hydrogens is 860 g/mol. The molecule has 0 atom stereocenters. The van der Waals surface area contributed by atoms with Crippen molar-refractivity contribution >= 4 is 80.3 Å². The minimum Gasteiger partial charge on any atom is -0.494 e. The summed E-state index contributed by atoms with van der Waals surface area (Å²) in [5.41, 5.74) is 5.56. The Kier molecular flexibility index (Phi) is 13.3. The number of aromatic nitrogens is 6. The van der Waals surface area contributed by atoms with Crippen LogP contribution >= 0.6 is 23.1 Å². The third-order valence-corrected chi connectivity index (χ3v) is 11.8. The highest BCUT2D eigenvalue weighted by Gasteiger charge is 2.38. The first-order chi connectivity index (χ1) is 28.0. The average molecular weight is 904 g/mol. The molecule has 2 aromatic carbocycles. The van der Waals surface area contributed by atoms with Gasteiger partial charge in [0.25, 0.3) is 0 Å². The number of aryl methyl sites for hydroxylation is 1. The summed E-state index contributed by atoms with van der Waals surface area (Å²) in [6, 6.07) is 7.80. The Morgan fingerprint density at radius 3 is 2.44 bits per heavy atom. The van der Waals surface area contributed by atoms with Gasteiger partial charge in [0.2, 0.25) is 5.95 Å². The molecule has 0 aliphatic carbocycles. The first kappa shape index (κ1) is 43.1. The van der Waals surface area contributed by atoms with Crippen LogP contribution < -0.4 is 25.6 Å². The fourth-order valence-electron chi connectivity index (χ4n) is 6.90. The van der Waals surface area contributed by atoms with E-state index >= 15 is 0 Å². The summed E-state index contributed by atoms with van der Waals surface area (Å²) in [7, 11) is 0.764. The number of hydrogen-bond donors (Lipinski definition) is 3. The van der Waals surface area contributed by atoms with Crippen LogP contribution in [0, 0.1) is 5.92 Å². The lowest BCUT2D eigenvalue weighted by Gasteiger charge is -2.36. The van der Waals surface area contributed by atoms with E-state index in [2.05, 4.69) is 57.6 Å². The predicted octanol–water partition coefficient (Wildman–Crippen LogP) is 7.41. The van der Waals surface area contributed by atoms with E-state index in [1.54, 1.807) is 43.7 Å². The number of alkyl halides is 3. The van der Waals surface area contributed by atoms with E-state index in [0.29, 0.717) is 62.2 Å². The van der Waals surface area contributed by atoms with Gasteiger partial charge in [-0.1, -0.05) is 0 Å². The highest BCUT2D eigenvalue weighted by Crippen LogP contribution is 2.43. The maximum atomic E-state index is 13.5. The molecule has 5 heterocycles. The minimum absolute atomic E-state index is 0.190. The largest absolute Gasteiger partial charge is 0.494 e. The lowest BCUT2D eigenvalue weighted by atomic mass is 9.94. The molecule has 1 amide bonds. The van der Waals surface area contributed by atoms with E-state index in [1.807, 2.05) is 42.5 Å². The Morgan fingerprint density at radius 1 is 1.05 bits per heavy atom. The molecule has 0 radical (unpaired) electrons. The van der Waals surface area contributed by atoms with Crippen molar-refractivity contribution in [2.75, 3.05) is 68.8 Å². The van der Waals surface area contributed by atoms with Gasteiger partial charge in [-0.25, -0.2) is 14.6 Å². The summed E-state index contributed by atoms with van der Waals surface area (Å²) >= 11 is 3.59. The third-order valence-electron chi connectivity index (χ3n) is 9.71. The van der Waals surface area contributed by atoms with E-state index in [4.69, 9.17) is 24.4 Å². The van der Waals surface area contributed by atoms with E-state index in [9.17, 15) is 22.5 Å². The molecular formula is C38H43BrF3N10O6P. The van der Waals surface area contributed by atoms with Gasteiger partial charge < -0.3 is 39.6 Å². The van der Waals surface area contributed by atoms with Gasteiger partial charge in [-0.3, -0.25) is 14.6 Å². The molecule has 0 saturated carbocycles. The van der Waals surface area contributed by atoms with Gasteiger partial charge in [0.05, 0.1) is 46.6 Å². The van der Waals surface area contributed by atoms with Crippen LogP contribution in [0.5, 0.6) is 5.75 Å². The first-order valence-corrected chi connectivity index (χ1v) is 21.9. The minimum atomic E-state index is -5.08. The standard InChI is InChI=1S/C36H42BrN10O4P.C2HF3O2/c1-45-22-24(19-41-45)25-17-29(31(50-2)18-30(25)46-14-9-23(10-15-46)21-47-13-5-6-16-51-36(47)48)43-35-40-20-26(37)34(44-35)42-28-8-7-27-32(39-12-11-38-27)33(28)52(3,4)49;3-2(4,5)1(6)7/h7-8,11-12,17-20,22-23H,5-6,9-10,13-16,21H2,1-4H3,(H2,40,42,43,44);(H,6,7). The summed E-state index contributed by atoms with van der Waals surface area (Å²) in [5.74, 6) is -0.905. The number of piperidine rings is 1. The number of nitrogens with zero attached hydrogens (tertiary/aromatic N) is 8. The van der Waals surface area contributed by atoms with Crippen molar-refractivity contribution in [3.63, 3.8) is 0 Å². The van der Waals surface area contributed by atoms with Crippen LogP contribution in [-0.4, -0.2) is 111 Å². The van der Waals surface area contributed by atoms with Crippen LogP contribution in [0.25, 0.3) is 22.2 Å². The number of methoxy groups -OCH3 is 1. The van der Waals surface area contributed by atoms with Crippen LogP contribution in [0.1, 0.15) is 25.7 Å². The number of fused-ring (bicyclic) bond motifs is 1. The lowest BCUT2D eigenvalue weighted by molar-refractivity contribution is -0.192. The third kappa shape index (κ3) is 10.6. The van der Waals surface area contributed by atoms with Crippen molar-refractivity contribution in [2.24, 2.45) is 13.0 Å². The number of carboxylic acid groups (broad SMARTS) is 1. The Morgan fingerprint density at radius 2 is 1.78 bits per heavy atom. The number of carboxylic acids is 1. The number of halogens is 4. The number of hydrogen-bond acceptors (Lipinski definition) is 13. The number of ether oxygens (including phenoxy) is 2. The molecule has 314 valence electrons. The number of amides is 1. The van der Waals surface area contributed by atoms with Crippen LogP contribution in [0.4, 0.5) is 46.8 Å². The van der Waals surface area contributed by atoms with Gasteiger partial charge in [-0.2, -0.15) is 23.3 Å². The Balaban J connectivity index is 0.000000768. The van der Waals surface area contributed by atoms with Crippen molar-refractivity contribution in [3.05, 3.63) is 59.7 Å². The number of benzene rings is 2. The van der Waals surface area contributed by atoms with Crippen LogP contribution in [0.15, 0.2) is 59.7 Å². The van der Waals surface area contributed by atoms with Gasteiger partial charge in [0, 0.05) is 80.9 Å². The molecule has 2 fully saturated rings. The van der Waals surface area contributed by atoms with Crippen molar-refractivity contribution in [1.82, 2.24) is 34.6 Å². The monoisotopic (exact) mass is 902 g/mol. The fraction of sp³-hybridized carbons (Fsp3) is 0.395. The molecule has 59 heavy (non-hydrogen) atoms. The second-order valence-corrected chi connectivity index (χ2v) is 18.4. The van der Waals surface area contributed by atoms with Crippen molar-refractivity contribution in [2.45, 2.75) is 31.9 Å². The zero-order chi connectivity index (χ0) is 42.5. The zero-order valence-electron chi connectivity index (χ0n) is 32.7. The average Bonchev–Trinajstić information content (AvgIpc) is 3.53. The maximum Gasteiger partial charge on any atom is 0.490 e. The number of nitrogens with one attached hydrogen (secondary N) is 2. The van der Waals surface area contributed by atoms with Crippen LogP contribution in [-0.2, 0) is 21.1 Å². The van der Waals surface area contributed by atoms with Crippen LogP contribution in [0.3, 0.4) is 0 Å². The molecule has 16 nitrogen and oxygen atoms in total. The van der Waals surface area contributed by atoms with Gasteiger partial charge in [0.1, 0.15) is 24.2 Å². The van der Waals surface area contributed by atoms with Crippen molar-refractivity contribution < 1.29 is 41.9 Å². The summed E-state index contributed by atoms with van der Waals surface area (Å²) in [5, 5.41) is 18.9. The molecule has 2 aliphatic heterocycles. The first-order valence-electron chi connectivity index (χ1n) is 18.6.